The van der Waals surface area contributed by atoms with Crippen molar-refractivity contribution < 1.29 is 19.4 Å². The molecule has 1 rings (SSSR count). The van der Waals surface area contributed by atoms with Crippen LogP contribution in [-0.2, 0) is 9.53 Å². The Bertz CT molecular complexity index is 333. The number of aliphatic carboxylic acids is 1. The standard InChI is InChI=1S/C14H26N2O4/c1-4-10(3)12(13(17)18)15-14(19)16-8-6-7-11(9-16)20-5-2/h10-12H,4-9H2,1-3H3,(H,15,19)(H,17,18)/t10-,11?,12-/m0/s1. The maximum absolute atomic E-state index is 12.2. The van der Waals surface area contributed by atoms with Gasteiger partial charge in [0.1, 0.15) is 6.04 Å². The van der Waals surface area contributed by atoms with Gasteiger partial charge in [-0.1, -0.05) is 20.3 Å². The van der Waals surface area contributed by atoms with Gasteiger partial charge in [0.25, 0.3) is 0 Å². The molecule has 0 aromatic carbocycles. The van der Waals surface area contributed by atoms with Crippen molar-refractivity contribution in [2.45, 2.75) is 52.2 Å². The SMILES string of the molecule is CCOC1CCCN(C(=O)N[C@H](C(=O)O)[C@@H](C)CC)C1. The second-order valence-electron chi connectivity index (χ2n) is 5.32. The van der Waals surface area contributed by atoms with Crippen LogP contribution in [-0.4, -0.2) is 53.8 Å². The Labute approximate surface area is 120 Å². The number of hydrogen-bond donors (Lipinski definition) is 2. The van der Waals surface area contributed by atoms with E-state index in [1.807, 2.05) is 20.8 Å². The van der Waals surface area contributed by atoms with Gasteiger partial charge in [0.05, 0.1) is 6.10 Å². The van der Waals surface area contributed by atoms with Crippen LogP contribution in [0, 0.1) is 5.92 Å². The number of amides is 2. The van der Waals surface area contributed by atoms with Crippen molar-refractivity contribution in [1.29, 1.82) is 0 Å². The first kappa shape index (κ1) is 16.8. The molecule has 6 heteroatoms. The van der Waals surface area contributed by atoms with Crippen molar-refractivity contribution in [3.05, 3.63) is 0 Å². The molecule has 116 valence electrons. The van der Waals surface area contributed by atoms with Gasteiger partial charge in [0, 0.05) is 19.7 Å². The monoisotopic (exact) mass is 286 g/mol. The molecular formula is C14H26N2O4. The van der Waals surface area contributed by atoms with E-state index < -0.39 is 12.0 Å². The van der Waals surface area contributed by atoms with E-state index in [1.54, 1.807) is 4.90 Å². The average molecular weight is 286 g/mol. The van der Waals surface area contributed by atoms with Gasteiger partial charge in [-0.25, -0.2) is 9.59 Å². The first-order chi connectivity index (χ1) is 9.49. The van der Waals surface area contributed by atoms with Crippen molar-refractivity contribution in [1.82, 2.24) is 10.2 Å². The molecule has 2 amide bonds. The number of carboxylic acids is 1. The van der Waals surface area contributed by atoms with Crippen LogP contribution in [0.15, 0.2) is 0 Å². The predicted molar refractivity (Wildman–Crippen MR) is 75.6 cm³/mol. The highest BCUT2D eigenvalue weighted by Gasteiger charge is 2.29. The number of nitrogens with one attached hydrogen (secondary N) is 1. The Kier molecular flexibility index (Phi) is 6.78. The number of urea groups is 1. The molecule has 0 aromatic rings. The van der Waals surface area contributed by atoms with Crippen molar-refractivity contribution in [3.63, 3.8) is 0 Å². The zero-order valence-electron chi connectivity index (χ0n) is 12.6. The van der Waals surface area contributed by atoms with Crippen LogP contribution in [0.4, 0.5) is 4.79 Å². The molecule has 3 atom stereocenters. The third-order valence-electron chi connectivity index (χ3n) is 3.83. The number of rotatable bonds is 6. The van der Waals surface area contributed by atoms with Crippen LogP contribution in [0.3, 0.4) is 0 Å². The summed E-state index contributed by atoms with van der Waals surface area (Å²) in [6.45, 7) is 7.50. The van der Waals surface area contributed by atoms with E-state index >= 15 is 0 Å². The zero-order chi connectivity index (χ0) is 15.1. The van der Waals surface area contributed by atoms with E-state index in [-0.39, 0.29) is 18.1 Å². The van der Waals surface area contributed by atoms with E-state index in [0.717, 1.165) is 12.8 Å². The average Bonchev–Trinajstić information content (AvgIpc) is 2.44. The molecule has 0 aromatic heterocycles. The molecule has 1 fully saturated rings. The summed E-state index contributed by atoms with van der Waals surface area (Å²) in [4.78, 5) is 25.1. The first-order valence-corrected chi connectivity index (χ1v) is 7.39. The molecule has 1 unspecified atom stereocenters. The maximum atomic E-state index is 12.2. The summed E-state index contributed by atoms with van der Waals surface area (Å²) in [5.41, 5.74) is 0. The van der Waals surface area contributed by atoms with Gasteiger partial charge in [0.2, 0.25) is 0 Å². The summed E-state index contributed by atoms with van der Waals surface area (Å²) < 4.78 is 5.55. The minimum Gasteiger partial charge on any atom is -0.480 e. The van der Waals surface area contributed by atoms with Crippen molar-refractivity contribution >= 4 is 12.0 Å². The molecule has 1 heterocycles. The molecule has 0 spiro atoms. The van der Waals surface area contributed by atoms with Crippen LogP contribution >= 0.6 is 0 Å². The number of likely N-dealkylation sites (tertiary alicyclic amines) is 1. The van der Waals surface area contributed by atoms with Gasteiger partial charge in [0.15, 0.2) is 0 Å². The summed E-state index contributed by atoms with van der Waals surface area (Å²) >= 11 is 0. The van der Waals surface area contributed by atoms with Gasteiger partial charge in [-0.15, -0.1) is 0 Å². The lowest BCUT2D eigenvalue weighted by Gasteiger charge is -2.33. The van der Waals surface area contributed by atoms with Gasteiger partial charge in [-0.05, 0) is 25.7 Å². The fourth-order valence-electron chi connectivity index (χ4n) is 2.40. The van der Waals surface area contributed by atoms with Crippen LogP contribution in [0.5, 0.6) is 0 Å². The van der Waals surface area contributed by atoms with Crippen molar-refractivity contribution in [2.75, 3.05) is 19.7 Å². The number of carbonyl (C=O) groups excluding carboxylic acids is 1. The predicted octanol–water partition coefficient (Wildman–Crippen LogP) is 1.70. The second kappa shape index (κ2) is 8.09. The molecule has 20 heavy (non-hydrogen) atoms. The van der Waals surface area contributed by atoms with Gasteiger partial charge in [-0.2, -0.15) is 0 Å². The Balaban J connectivity index is 2.57. The molecule has 1 aliphatic heterocycles. The molecule has 1 saturated heterocycles. The molecule has 0 saturated carbocycles. The van der Waals surface area contributed by atoms with E-state index in [1.165, 1.54) is 0 Å². The lowest BCUT2D eigenvalue weighted by atomic mass is 9.99. The number of carboxylic acid groups (broad SMARTS) is 1. The van der Waals surface area contributed by atoms with Gasteiger partial charge >= 0.3 is 12.0 Å². The van der Waals surface area contributed by atoms with Crippen molar-refractivity contribution in [2.24, 2.45) is 5.92 Å². The molecule has 6 nitrogen and oxygen atoms in total. The Hall–Kier alpha value is -1.30. The largest absolute Gasteiger partial charge is 0.480 e. The van der Waals surface area contributed by atoms with E-state index in [0.29, 0.717) is 26.1 Å². The number of carbonyl (C=O) groups is 2. The summed E-state index contributed by atoms with van der Waals surface area (Å²) in [5, 5.41) is 11.8. The lowest BCUT2D eigenvalue weighted by molar-refractivity contribution is -0.140. The number of nitrogens with zero attached hydrogens (tertiary/aromatic N) is 1. The van der Waals surface area contributed by atoms with Crippen LogP contribution in [0.2, 0.25) is 0 Å². The number of piperidine rings is 1. The van der Waals surface area contributed by atoms with Crippen LogP contribution in [0.25, 0.3) is 0 Å². The number of hydrogen-bond acceptors (Lipinski definition) is 3. The van der Waals surface area contributed by atoms with E-state index in [4.69, 9.17) is 4.74 Å². The summed E-state index contributed by atoms with van der Waals surface area (Å²) in [6.07, 6.45) is 2.61. The molecule has 1 aliphatic rings. The normalized spacial score (nSPS) is 22.1. The van der Waals surface area contributed by atoms with Crippen molar-refractivity contribution in [3.8, 4) is 0 Å². The Morgan fingerprint density at radius 3 is 2.70 bits per heavy atom. The Morgan fingerprint density at radius 1 is 1.45 bits per heavy atom. The lowest BCUT2D eigenvalue weighted by Crippen LogP contribution is -2.53. The van der Waals surface area contributed by atoms with E-state index in [9.17, 15) is 14.7 Å². The molecule has 2 N–H and O–H groups in total. The second-order valence-corrected chi connectivity index (χ2v) is 5.32. The highest BCUT2D eigenvalue weighted by atomic mass is 16.5. The highest BCUT2D eigenvalue weighted by molar-refractivity contribution is 5.82. The quantitative estimate of drug-likeness (QED) is 0.779. The van der Waals surface area contributed by atoms with Crippen LogP contribution in [0.1, 0.15) is 40.0 Å². The summed E-state index contributed by atoms with van der Waals surface area (Å²) in [5.74, 6) is -1.07. The van der Waals surface area contributed by atoms with Crippen LogP contribution < -0.4 is 5.32 Å². The zero-order valence-corrected chi connectivity index (χ0v) is 12.6. The fourth-order valence-corrected chi connectivity index (χ4v) is 2.40. The van der Waals surface area contributed by atoms with E-state index in [2.05, 4.69) is 5.32 Å². The highest BCUT2D eigenvalue weighted by Crippen LogP contribution is 2.14. The summed E-state index contributed by atoms with van der Waals surface area (Å²) in [6, 6.07) is -1.14. The topological polar surface area (TPSA) is 78.9 Å². The third kappa shape index (κ3) is 4.67. The minimum absolute atomic E-state index is 0.0615. The molecule has 0 bridgehead atoms. The Morgan fingerprint density at radius 2 is 2.15 bits per heavy atom. The minimum atomic E-state index is -0.980. The maximum Gasteiger partial charge on any atom is 0.326 e. The molecule has 0 aliphatic carbocycles. The van der Waals surface area contributed by atoms with Gasteiger partial charge in [-0.3, -0.25) is 0 Å². The molecular weight excluding hydrogens is 260 g/mol. The van der Waals surface area contributed by atoms with Gasteiger partial charge < -0.3 is 20.1 Å². The fraction of sp³-hybridized carbons (Fsp3) is 0.857. The summed E-state index contributed by atoms with van der Waals surface area (Å²) in [7, 11) is 0. The number of ether oxygens (including phenoxy) is 1. The molecule has 0 radical (unpaired) electrons. The third-order valence-corrected chi connectivity index (χ3v) is 3.83. The first-order valence-electron chi connectivity index (χ1n) is 7.39. The smallest absolute Gasteiger partial charge is 0.326 e.